The standard InChI is InChI=1S/C11H18N4O3S/c1-12-9-5-10(15-11(14-9)6-18-2)13-8-3-4-19(16,17)7-8/h5,8H,3-4,6-7H2,1-2H3,(H2,12,13,14,15). The molecule has 0 saturated carbocycles. The van der Waals surface area contributed by atoms with Crippen molar-refractivity contribution in [3.63, 3.8) is 0 Å². The summed E-state index contributed by atoms with van der Waals surface area (Å²) in [6.07, 6.45) is 0.612. The van der Waals surface area contributed by atoms with Crippen LogP contribution in [0.5, 0.6) is 0 Å². The van der Waals surface area contributed by atoms with Gasteiger partial charge in [0.05, 0.1) is 11.5 Å². The van der Waals surface area contributed by atoms with Gasteiger partial charge >= 0.3 is 0 Å². The molecule has 2 heterocycles. The lowest BCUT2D eigenvalue weighted by Crippen LogP contribution is -2.21. The van der Waals surface area contributed by atoms with Gasteiger partial charge in [-0.2, -0.15) is 0 Å². The van der Waals surface area contributed by atoms with Crippen LogP contribution in [0.1, 0.15) is 12.2 Å². The second-order valence-corrected chi connectivity index (χ2v) is 6.71. The third kappa shape index (κ3) is 3.77. The number of ether oxygens (including phenoxy) is 1. The van der Waals surface area contributed by atoms with E-state index in [0.717, 1.165) is 0 Å². The Hall–Kier alpha value is -1.41. The summed E-state index contributed by atoms with van der Waals surface area (Å²) in [7, 11) is 0.444. The van der Waals surface area contributed by atoms with Crippen molar-refractivity contribution in [3.8, 4) is 0 Å². The minimum atomic E-state index is -2.90. The SMILES string of the molecule is CNc1cc(NC2CCS(=O)(=O)C2)nc(COC)n1. The normalized spacial score (nSPS) is 21.3. The first kappa shape index (κ1) is 14.0. The molecule has 1 saturated heterocycles. The molecule has 1 aromatic rings. The highest BCUT2D eigenvalue weighted by Gasteiger charge is 2.28. The summed E-state index contributed by atoms with van der Waals surface area (Å²) in [4.78, 5) is 8.54. The number of hydrogen-bond acceptors (Lipinski definition) is 7. The van der Waals surface area contributed by atoms with Crippen molar-refractivity contribution < 1.29 is 13.2 Å². The van der Waals surface area contributed by atoms with Crippen molar-refractivity contribution in [2.45, 2.75) is 19.1 Å². The van der Waals surface area contributed by atoms with E-state index in [9.17, 15) is 8.42 Å². The van der Waals surface area contributed by atoms with Gasteiger partial charge in [0.25, 0.3) is 0 Å². The van der Waals surface area contributed by atoms with Gasteiger partial charge in [-0.3, -0.25) is 0 Å². The largest absolute Gasteiger partial charge is 0.377 e. The van der Waals surface area contributed by atoms with E-state index in [0.29, 0.717) is 30.5 Å². The fourth-order valence-corrected chi connectivity index (χ4v) is 3.68. The molecular formula is C11H18N4O3S. The molecule has 1 aromatic heterocycles. The zero-order valence-corrected chi connectivity index (χ0v) is 11.8. The van der Waals surface area contributed by atoms with Crippen molar-refractivity contribution in [1.82, 2.24) is 9.97 Å². The molecule has 0 amide bonds. The number of rotatable bonds is 5. The van der Waals surface area contributed by atoms with Crippen LogP contribution in [0, 0.1) is 0 Å². The molecular weight excluding hydrogens is 268 g/mol. The molecule has 8 heteroatoms. The summed E-state index contributed by atoms with van der Waals surface area (Å²) in [5.41, 5.74) is 0. The molecule has 1 atom stereocenters. The molecule has 0 radical (unpaired) electrons. The van der Waals surface area contributed by atoms with Gasteiger partial charge in [0.15, 0.2) is 15.7 Å². The number of hydrogen-bond donors (Lipinski definition) is 2. The van der Waals surface area contributed by atoms with Crippen molar-refractivity contribution in [2.75, 3.05) is 36.3 Å². The van der Waals surface area contributed by atoms with E-state index < -0.39 is 9.84 Å². The molecule has 2 rings (SSSR count). The van der Waals surface area contributed by atoms with Crippen LogP contribution in [-0.4, -0.2) is 50.1 Å². The third-order valence-electron chi connectivity index (χ3n) is 2.89. The highest BCUT2D eigenvalue weighted by Crippen LogP contribution is 2.18. The Morgan fingerprint density at radius 3 is 2.74 bits per heavy atom. The lowest BCUT2D eigenvalue weighted by atomic mass is 10.2. The minimum Gasteiger partial charge on any atom is -0.377 e. The number of sulfone groups is 1. The van der Waals surface area contributed by atoms with Gasteiger partial charge in [-0.25, -0.2) is 18.4 Å². The average molecular weight is 286 g/mol. The van der Waals surface area contributed by atoms with Crippen LogP contribution in [0.4, 0.5) is 11.6 Å². The summed E-state index contributed by atoms with van der Waals surface area (Å²) in [6, 6.07) is 1.67. The molecule has 1 fully saturated rings. The Morgan fingerprint density at radius 2 is 2.16 bits per heavy atom. The Kier molecular flexibility index (Phi) is 4.20. The van der Waals surface area contributed by atoms with Gasteiger partial charge in [0.2, 0.25) is 0 Å². The van der Waals surface area contributed by atoms with Gasteiger partial charge < -0.3 is 15.4 Å². The topological polar surface area (TPSA) is 93.2 Å². The fraction of sp³-hybridized carbons (Fsp3) is 0.636. The van der Waals surface area contributed by atoms with Crippen molar-refractivity contribution in [3.05, 3.63) is 11.9 Å². The van der Waals surface area contributed by atoms with Crippen molar-refractivity contribution in [1.29, 1.82) is 0 Å². The molecule has 0 bridgehead atoms. The molecule has 0 aliphatic carbocycles. The van der Waals surface area contributed by atoms with Crippen LogP contribution in [0.25, 0.3) is 0 Å². The maximum atomic E-state index is 11.4. The number of nitrogens with one attached hydrogen (secondary N) is 2. The summed E-state index contributed by atoms with van der Waals surface area (Å²) in [5.74, 6) is 2.24. The van der Waals surface area contributed by atoms with Crippen LogP contribution < -0.4 is 10.6 Å². The second-order valence-electron chi connectivity index (χ2n) is 4.48. The highest BCUT2D eigenvalue weighted by atomic mass is 32.2. The van der Waals surface area contributed by atoms with Gasteiger partial charge in [-0.1, -0.05) is 0 Å². The zero-order chi connectivity index (χ0) is 13.9. The molecule has 19 heavy (non-hydrogen) atoms. The van der Waals surface area contributed by atoms with Gasteiger partial charge in [-0.15, -0.1) is 0 Å². The summed E-state index contributed by atoms with van der Waals surface area (Å²) < 4.78 is 27.8. The number of aromatic nitrogens is 2. The molecule has 1 unspecified atom stereocenters. The fourth-order valence-electron chi connectivity index (χ4n) is 2.01. The lowest BCUT2D eigenvalue weighted by Gasteiger charge is -2.13. The minimum absolute atomic E-state index is 0.0833. The second kappa shape index (κ2) is 5.70. The maximum Gasteiger partial charge on any atom is 0.158 e. The van der Waals surface area contributed by atoms with E-state index in [1.165, 1.54) is 0 Å². The molecule has 7 nitrogen and oxygen atoms in total. The molecule has 0 spiro atoms. The number of nitrogens with zero attached hydrogens (tertiary/aromatic N) is 2. The van der Waals surface area contributed by atoms with Crippen LogP contribution in [0.15, 0.2) is 6.07 Å². The summed E-state index contributed by atoms with van der Waals surface area (Å²) in [6.45, 7) is 0.313. The molecule has 106 valence electrons. The van der Waals surface area contributed by atoms with Crippen LogP contribution in [-0.2, 0) is 21.2 Å². The Bertz CT molecular complexity index is 547. The van der Waals surface area contributed by atoms with Gasteiger partial charge in [-0.05, 0) is 6.42 Å². The monoisotopic (exact) mass is 286 g/mol. The Labute approximate surface area is 112 Å². The first-order valence-corrected chi connectivity index (χ1v) is 7.86. The van der Waals surface area contributed by atoms with Crippen molar-refractivity contribution >= 4 is 21.5 Å². The van der Waals surface area contributed by atoms with Crippen LogP contribution >= 0.6 is 0 Å². The smallest absolute Gasteiger partial charge is 0.158 e. The third-order valence-corrected chi connectivity index (χ3v) is 4.65. The molecule has 1 aliphatic heterocycles. The predicted octanol–water partition coefficient (Wildman–Crippen LogP) is 0.264. The van der Waals surface area contributed by atoms with E-state index in [1.54, 1.807) is 20.2 Å². The summed E-state index contributed by atoms with van der Waals surface area (Å²) in [5, 5.41) is 6.09. The van der Waals surface area contributed by atoms with E-state index >= 15 is 0 Å². The Balaban J connectivity index is 2.13. The molecule has 0 aromatic carbocycles. The van der Waals surface area contributed by atoms with E-state index in [-0.39, 0.29) is 17.5 Å². The zero-order valence-electron chi connectivity index (χ0n) is 11.0. The first-order chi connectivity index (χ1) is 9.02. The van der Waals surface area contributed by atoms with Gasteiger partial charge in [0.1, 0.15) is 18.2 Å². The molecule has 2 N–H and O–H groups in total. The van der Waals surface area contributed by atoms with E-state index in [1.807, 2.05) is 0 Å². The summed E-state index contributed by atoms with van der Waals surface area (Å²) >= 11 is 0. The van der Waals surface area contributed by atoms with E-state index in [2.05, 4.69) is 20.6 Å². The Morgan fingerprint density at radius 1 is 1.42 bits per heavy atom. The lowest BCUT2D eigenvalue weighted by molar-refractivity contribution is 0.178. The highest BCUT2D eigenvalue weighted by molar-refractivity contribution is 7.91. The number of anilines is 2. The average Bonchev–Trinajstić information content (AvgIpc) is 2.68. The molecule has 1 aliphatic rings. The van der Waals surface area contributed by atoms with Crippen LogP contribution in [0.2, 0.25) is 0 Å². The first-order valence-electron chi connectivity index (χ1n) is 6.04. The van der Waals surface area contributed by atoms with Gasteiger partial charge in [0, 0.05) is 26.3 Å². The number of methoxy groups -OCH3 is 1. The van der Waals surface area contributed by atoms with E-state index in [4.69, 9.17) is 4.74 Å². The predicted molar refractivity (Wildman–Crippen MR) is 73.0 cm³/mol. The maximum absolute atomic E-state index is 11.4. The van der Waals surface area contributed by atoms with Crippen molar-refractivity contribution in [2.24, 2.45) is 0 Å². The van der Waals surface area contributed by atoms with Crippen LogP contribution in [0.3, 0.4) is 0 Å². The quantitative estimate of drug-likeness (QED) is 0.802.